The van der Waals surface area contributed by atoms with Gasteiger partial charge in [0, 0.05) is 10.6 Å². The van der Waals surface area contributed by atoms with E-state index in [1.807, 2.05) is 19.1 Å². The minimum Gasteiger partial charge on any atom is -0.496 e. The maximum absolute atomic E-state index is 6.05. The Balaban J connectivity index is 2.70. The normalized spacial score (nSPS) is 10.6. The van der Waals surface area contributed by atoms with Crippen LogP contribution in [0.2, 0.25) is 5.02 Å². The molecular weight excluding hydrogens is 305 g/mol. The van der Waals surface area contributed by atoms with Gasteiger partial charge in [0.15, 0.2) is 5.82 Å². The number of benzene rings is 1. The first-order chi connectivity index (χ1) is 8.04. The summed E-state index contributed by atoms with van der Waals surface area (Å²) < 4.78 is 6.09. The lowest BCUT2D eigenvalue weighted by Crippen LogP contribution is -1.92. The van der Waals surface area contributed by atoms with Gasteiger partial charge >= 0.3 is 0 Å². The van der Waals surface area contributed by atoms with Gasteiger partial charge in [-0.2, -0.15) is 5.10 Å². The molecule has 0 saturated carbocycles. The Hall–Kier alpha value is -1.20. The van der Waals surface area contributed by atoms with E-state index in [1.165, 1.54) is 0 Å². The van der Waals surface area contributed by atoms with E-state index in [9.17, 15) is 0 Å². The van der Waals surface area contributed by atoms with Crippen LogP contribution in [0.3, 0.4) is 0 Å². The number of hydrogen-bond acceptors (Lipinski definition) is 3. The van der Waals surface area contributed by atoms with Gasteiger partial charge < -0.3 is 10.5 Å². The highest BCUT2D eigenvalue weighted by molar-refractivity contribution is 9.10. The fraction of sp³-hybridized carbons (Fsp3) is 0.182. The van der Waals surface area contributed by atoms with Crippen LogP contribution in [0.15, 0.2) is 16.6 Å². The number of halogens is 2. The molecule has 0 spiro atoms. The number of hydrogen-bond donors (Lipinski definition) is 2. The number of methoxy groups -OCH3 is 1. The number of aryl methyl sites for hydroxylation is 1. The highest BCUT2D eigenvalue weighted by atomic mass is 79.9. The Morgan fingerprint density at radius 1 is 1.47 bits per heavy atom. The predicted molar refractivity (Wildman–Crippen MR) is 72.4 cm³/mol. The summed E-state index contributed by atoms with van der Waals surface area (Å²) in [4.78, 5) is 0. The Kier molecular flexibility index (Phi) is 3.31. The average molecular weight is 317 g/mol. The molecule has 0 unspecified atom stereocenters. The number of ether oxygens (including phenoxy) is 1. The second-order valence-electron chi connectivity index (χ2n) is 3.60. The second-order valence-corrected chi connectivity index (χ2v) is 4.83. The van der Waals surface area contributed by atoms with Crippen molar-refractivity contribution in [2.24, 2.45) is 0 Å². The molecule has 0 amide bonds. The molecule has 1 heterocycles. The fourth-order valence-electron chi connectivity index (χ4n) is 1.71. The van der Waals surface area contributed by atoms with Crippen LogP contribution in [-0.2, 0) is 0 Å². The van der Waals surface area contributed by atoms with Crippen molar-refractivity contribution in [3.8, 4) is 17.0 Å². The first-order valence-electron chi connectivity index (χ1n) is 4.88. The second kappa shape index (κ2) is 4.58. The molecule has 2 aromatic rings. The summed E-state index contributed by atoms with van der Waals surface area (Å²) in [6.45, 7) is 1.93. The standard InChI is InChI=1S/C11H11BrClN3O/c1-5-3-6(13)4-7(10(5)17-2)9-8(12)11(14)16-15-9/h3-4H,1-2H3,(H3,14,15,16). The zero-order valence-corrected chi connectivity index (χ0v) is 11.7. The van der Waals surface area contributed by atoms with Crippen LogP contribution < -0.4 is 10.5 Å². The van der Waals surface area contributed by atoms with E-state index in [4.69, 9.17) is 22.1 Å². The van der Waals surface area contributed by atoms with Gasteiger partial charge in [-0.15, -0.1) is 0 Å². The molecule has 0 atom stereocenters. The monoisotopic (exact) mass is 315 g/mol. The highest BCUT2D eigenvalue weighted by Crippen LogP contribution is 2.39. The van der Waals surface area contributed by atoms with Gasteiger partial charge in [-0.05, 0) is 40.5 Å². The van der Waals surface area contributed by atoms with E-state index in [2.05, 4.69) is 26.1 Å². The maximum atomic E-state index is 6.05. The van der Waals surface area contributed by atoms with E-state index in [1.54, 1.807) is 7.11 Å². The lowest BCUT2D eigenvalue weighted by Gasteiger charge is -2.11. The van der Waals surface area contributed by atoms with Crippen molar-refractivity contribution in [3.05, 3.63) is 27.2 Å². The van der Waals surface area contributed by atoms with Crippen molar-refractivity contribution in [1.82, 2.24) is 10.2 Å². The summed E-state index contributed by atoms with van der Waals surface area (Å²) >= 11 is 9.43. The molecule has 2 rings (SSSR count). The Labute approximate surface area is 112 Å². The molecule has 1 aromatic carbocycles. The van der Waals surface area contributed by atoms with Gasteiger partial charge in [0.2, 0.25) is 0 Å². The molecule has 1 aromatic heterocycles. The van der Waals surface area contributed by atoms with Crippen LogP contribution in [-0.4, -0.2) is 17.3 Å². The van der Waals surface area contributed by atoms with Crippen molar-refractivity contribution in [2.45, 2.75) is 6.92 Å². The van der Waals surface area contributed by atoms with Gasteiger partial charge in [-0.25, -0.2) is 0 Å². The first kappa shape index (κ1) is 12.3. The first-order valence-corrected chi connectivity index (χ1v) is 6.05. The van der Waals surface area contributed by atoms with Gasteiger partial charge in [0.05, 0.1) is 17.3 Å². The molecular formula is C11H11BrClN3O. The Morgan fingerprint density at radius 3 is 2.71 bits per heavy atom. The summed E-state index contributed by atoms with van der Waals surface area (Å²) in [6.07, 6.45) is 0. The molecule has 0 fully saturated rings. The van der Waals surface area contributed by atoms with Crippen molar-refractivity contribution >= 4 is 33.3 Å². The zero-order valence-electron chi connectivity index (χ0n) is 9.34. The summed E-state index contributed by atoms with van der Waals surface area (Å²) in [5.41, 5.74) is 8.22. The van der Waals surface area contributed by atoms with Crippen LogP contribution in [0.25, 0.3) is 11.3 Å². The van der Waals surface area contributed by atoms with E-state index < -0.39 is 0 Å². The molecule has 0 saturated heterocycles. The number of nitrogens with two attached hydrogens (primary N) is 1. The molecule has 6 heteroatoms. The van der Waals surface area contributed by atoms with Crippen molar-refractivity contribution in [2.75, 3.05) is 12.8 Å². The minimum absolute atomic E-state index is 0.402. The Bertz CT molecular complexity index is 568. The highest BCUT2D eigenvalue weighted by Gasteiger charge is 2.16. The van der Waals surface area contributed by atoms with Crippen molar-refractivity contribution in [3.63, 3.8) is 0 Å². The SMILES string of the molecule is COc1c(C)cc(Cl)cc1-c1[nH]nc(N)c1Br. The van der Waals surface area contributed by atoms with Crippen LogP contribution in [0.4, 0.5) is 5.82 Å². The van der Waals surface area contributed by atoms with Crippen LogP contribution in [0.5, 0.6) is 5.75 Å². The number of nitrogens with one attached hydrogen (secondary N) is 1. The van der Waals surface area contributed by atoms with Gasteiger partial charge in [-0.3, -0.25) is 5.10 Å². The van der Waals surface area contributed by atoms with Crippen LogP contribution >= 0.6 is 27.5 Å². The van der Waals surface area contributed by atoms with E-state index in [0.717, 1.165) is 22.6 Å². The van der Waals surface area contributed by atoms with E-state index in [-0.39, 0.29) is 0 Å². The lowest BCUT2D eigenvalue weighted by molar-refractivity contribution is 0.413. The molecule has 3 N–H and O–H groups in total. The number of aromatic amines is 1. The van der Waals surface area contributed by atoms with Crippen molar-refractivity contribution in [1.29, 1.82) is 0 Å². The molecule has 0 aliphatic rings. The van der Waals surface area contributed by atoms with E-state index >= 15 is 0 Å². The van der Waals surface area contributed by atoms with Gasteiger partial charge in [-0.1, -0.05) is 11.6 Å². The number of rotatable bonds is 2. The molecule has 90 valence electrons. The minimum atomic E-state index is 0.402. The average Bonchev–Trinajstić information content (AvgIpc) is 2.59. The third-order valence-electron chi connectivity index (χ3n) is 2.45. The maximum Gasteiger partial charge on any atom is 0.160 e. The van der Waals surface area contributed by atoms with Gasteiger partial charge in [0.1, 0.15) is 5.75 Å². The number of aromatic nitrogens is 2. The molecule has 0 radical (unpaired) electrons. The Morgan fingerprint density at radius 2 is 2.18 bits per heavy atom. The van der Waals surface area contributed by atoms with Gasteiger partial charge in [0.25, 0.3) is 0 Å². The third kappa shape index (κ3) is 2.12. The lowest BCUT2D eigenvalue weighted by atomic mass is 10.1. The van der Waals surface area contributed by atoms with Crippen molar-refractivity contribution < 1.29 is 4.74 Å². The molecule has 0 aliphatic carbocycles. The summed E-state index contributed by atoms with van der Waals surface area (Å²) in [5, 5.41) is 7.43. The number of anilines is 1. The third-order valence-corrected chi connectivity index (χ3v) is 3.47. The fourth-order valence-corrected chi connectivity index (χ4v) is 2.37. The van der Waals surface area contributed by atoms with Crippen LogP contribution in [0.1, 0.15) is 5.56 Å². The molecule has 0 bridgehead atoms. The smallest absolute Gasteiger partial charge is 0.160 e. The largest absolute Gasteiger partial charge is 0.496 e. The van der Waals surface area contributed by atoms with Crippen LogP contribution in [0, 0.1) is 6.92 Å². The quantitative estimate of drug-likeness (QED) is 0.892. The number of nitrogen functional groups attached to an aromatic ring is 1. The molecule has 17 heavy (non-hydrogen) atoms. The topological polar surface area (TPSA) is 63.9 Å². The summed E-state index contributed by atoms with van der Waals surface area (Å²) in [7, 11) is 1.62. The van der Waals surface area contributed by atoms with E-state index in [0.29, 0.717) is 15.3 Å². The summed E-state index contributed by atoms with van der Waals surface area (Å²) in [5.74, 6) is 1.15. The molecule has 0 aliphatic heterocycles. The summed E-state index contributed by atoms with van der Waals surface area (Å²) in [6, 6.07) is 3.66. The number of H-pyrrole nitrogens is 1. The zero-order chi connectivity index (χ0) is 12.6. The molecule has 4 nitrogen and oxygen atoms in total. The predicted octanol–water partition coefficient (Wildman–Crippen LogP) is 3.39. The number of nitrogens with zero attached hydrogens (tertiary/aromatic N) is 1.